The zero-order valence-electron chi connectivity index (χ0n) is 16.5. The van der Waals surface area contributed by atoms with Crippen molar-refractivity contribution in [2.45, 2.75) is 64.3 Å². The molecule has 0 aliphatic heterocycles. The minimum Gasteiger partial charge on any atom is -0.496 e. The van der Waals surface area contributed by atoms with Gasteiger partial charge in [-0.1, -0.05) is 33.1 Å². The summed E-state index contributed by atoms with van der Waals surface area (Å²) in [7, 11) is -2.23. The quantitative estimate of drug-likeness (QED) is 0.613. The number of carbonyl (C=O) groups excluding carboxylic acids is 1. The summed E-state index contributed by atoms with van der Waals surface area (Å²) in [6, 6.07) is 4.28. The van der Waals surface area contributed by atoms with Crippen LogP contribution in [0.4, 0.5) is 0 Å². The van der Waals surface area contributed by atoms with Crippen molar-refractivity contribution in [2.75, 3.05) is 13.7 Å². The van der Waals surface area contributed by atoms with E-state index in [1.54, 1.807) is 0 Å². The molecular weight excluding hydrogens is 352 g/mol. The molecule has 0 heterocycles. The number of rotatable bonds is 11. The third-order valence-corrected chi connectivity index (χ3v) is 5.67. The molecule has 1 aromatic carbocycles. The monoisotopic (exact) mass is 384 g/mol. The van der Waals surface area contributed by atoms with Gasteiger partial charge in [0, 0.05) is 12.6 Å². The first kappa shape index (κ1) is 22.4. The van der Waals surface area contributed by atoms with Crippen molar-refractivity contribution in [3.8, 4) is 5.75 Å². The van der Waals surface area contributed by atoms with Crippen molar-refractivity contribution in [1.29, 1.82) is 0 Å². The fourth-order valence-electron chi connectivity index (χ4n) is 2.63. The number of unbranched alkanes of at least 4 members (excludes halogenated alkanes) is 1. The zero-order chi connectivity index (χ0) is 19.7. The SMILES string of the molecule is CCCC[C@@H](CC)CNS(=O)(=O)c1ccc(OC)c(C(=O)NC(C)C)c1. The lowest BCUT2D eigenvalue weighted by molar-refractivity contribution is 0.0940. The fourth-order valence-corrected chi connectivity index (χ4v) is 3.77. The highest BCUT2D eigenvalue weighted by Crippen LogP contribution is 2.23. The molecule has 0 bridgehead atoms. The van der Waals surface area contributed by atoms with Crippen LogP contribution in [0.5, 0.6) is 5.75 Å². The minimum absolute atomic E-state index is 0.0607. The molecule has 0 aliphatic carbocycles. The number of ether oxygens (including phenoxy) is 1. The molecule has 2 N–H and O–H groups in total. The molecule has 0 aliphatic rings. The Bertz CT molecular complexity index is 687. The second kappa shape index (κ2) is 10.5. The highest BCUT2D eigenvalue weighted by Gasteiger charge is 2.21. The van der Waals surface area contributed by atoms with E-state index in [1.165, 1.54) is 25.3 Å². The number of hydrogen-bond donors (Lipinski definition) is 2. The van der Waals surface area contributed by atoms with Crippen LogP contribution < -0.4 is 14.8 Å². The second-order valence-electron chi connectivity index (χ2n) is 6.76. The van der Waals surface area contributed by atoms with Gasteiger partial charge in [-0.15, -0.1) is 0 Å². The largest absolute Gasteiger partial charge is 0.496 e. The van der Waals surface area contributed by atoms with Crippen LogP contribution in [0.1, 0.15) is 63.7 Å². The van der Waals surface area contributed by atoms with Crippen molar-refractivity contribution >= 4 is 15.9 Å². The average Bonchev–Trinajstić information content (AvgIpc) is 2.60. The molecule has 6 nitrogen and oxygen atoms in total. The topological polar surface area (TPSA) is 84.5 Å². The Labute approximate surface area is 157 Å². The van der Waals surface area contributed by atoms with E-state index in [2.05, 4.69) is 23.9 Å². The van der Waals surface area contributed by atoms with Gasteiger partial charge in [-0.3, -0.25) is 4.79 Å². The lowest BCUT2D eigenvalue weighted by Crippen LogP contribution is -2.31. The van der Waals surface area contributed by atoms with Gasteiger partial charge < -0.3 is 10.1 Å². The van der Waals surface area contributed by atoms with Gasteiger partial charge in [0.25, 0.3) is 5.91 Å². The van der Waals surface area contributed by atoms with Crippen LogP contribution in [0.15, 0.2) is 23.1 Å². The van der Waals surface area contributed by atoms with Gasteiger partial charge >= 0.3 is 0 Å². The first-order valence-electron chi connectivity index (χ1n) is 9.23. The van der Waals surface area contributed by atoms with Gasteiger partial charge in [0.1, 0.15) is 5.75 Å². The molecule has 1 rings (SSSR count). The van der Waals surface area contributed by atoms with Crippen molar-refractivity contribution in [3.63, 3.8) is 0 Å². The summed E-state index contributed by atoms with van der Waals surface area (Å²) < 4.78 is 33.2. The van der Waals surface area contributed by atoms with Crippen LogP contribution in [0.3, 0.4) is 0 Å². The van der Waals surface area contributed by atoms with Gasteiger partial charge in [-0.25, -0.2) is 13.1 Å². The molecule has 0 saturated carbocycles. The minimum atomic E-state index is -3.69. The number of carbonyl (C=O) groups is 1. The first-order valence-corrected chi connectivity index (χ1v) is 10.7. The van der Waals surface area contributed by atoms with Gasteiger partial charge in [0.2, 0.25) is 10.0 Å². The van der Waals surface area contributed by atoms with E-state index in [9.17, 15) is 13.2 Å². The Balaban J connectivity index is 3.00. The van der Waals surface area contributed by atoms with E-state index in [0.29, 0.717) is 18.2 Å². The van der Waals surface area contributed by atoms with Crippen LogP contribution in [-0.4, -0.2) is 34.0 Å². The van der Waals surface area contributed by atoms with E-state index in [-0.39, 0.29) is 22.4 Å². The Morgan fingerprint density at radius 3 is 2.46 bits per heavy atom. The smallest absolute Gasteiger partial charge is 0.255 e. The molecule has 148 valence electrons. The Kier molecular flexibility index (Phi) is 9.08. The van der Waals surface area contributed by atoms with Crippen LogP contribution >= 0.6 is 0 Å². The third kappa shape index (κ3) is 6.61. The van der Waals surface area contributed by atoms with Crippen LogP contribution in [-0.2, 0) is 10.0 Å². The Morgan fingerprint density at radius 1 is 1.23 bits per heavy atom. The standard InChI is InChI=1S/C19H32N2O4S/c1-6-8-9-15(7-2)13-20-26(23,24)16-10-11-18(25-5)17(12-16)19(22)21-14(3)4/h10-12,14-15,20H,6-9,13H2,1-5H3,(H,21,22)/t15-/m1/s1. The highest BCUT2D eigenvalue weighted by molar-refractivity contribution is 7.89. The molecule has 1 aromatic rings. The number of hydrogen-bond acceptors (Lipinski definition) is 4. The lowest BCUT2D eigenvalue weighted by Gasteiger charge is -2.16. The second-order valence-corrected chi connectivity index (χ2v) is 8.53. The number of amides is 1. The molecule has 1 amide bonds. The Morgan fingerprint density at radius 2 is 1.92 bits per heavy atom. The zero-order valence-corrected chi connectivity index (χ0v) is 17.3. The summed E-state index contributed by atoms with van der Waals surface area (Å²) >= 11 is 0. The number of sulfonamides is 1. The van der Waals surface area contributed by atoms with Gasteiger partial charge in [-0.2, -0.15) is 0 Å². The van der Waals surface area contributed by atoms with Gasteiger partial charge in [-0.05, 0) is 44.4 Å². The molecule has 0 unspecified atom stereocenters. The van der Waals surface area contributed by atoms with E-state index in [1.807, 2.05) is 13.8 Å². The molecule has 0 aromatic heterocycles. The first-order chi connectivity index (χ1) is 12.2. The third-order valence-electron chi connectivity index (χ3n) is 4.25. The molecule has 7 heteroatoms. The highest BCUT2D eigenvalue weighted by atomic mass is 32.2. The summed E-state index contributed by atoms with van der Waals surface area (Å²) in [5.41, 5.74) is 0.210. The van der Waals surface area contributed by atoms with E-state index < -0.39 is 10.0 Å². The maximum absolute atomic E-state index is 12.6. The predicted molar refractivity (Wildman–Crippen MR) is 104 cm³/mol. The summed E-state index contributed by atoms with van der Waals surface area (Å²) in [6.07, 6.45) is 4.10. The predicted octanol–water partition coefficient (Wildman–Crippen LogP) is 3.33. The van der Waals surface area contributed by atoms with E-state index in [0.717, 1.165) is 25.7 Å². The average molecular weight is 385 g/mol. The fraction of sp³-hybridized carbons (Fsp3) is 0.632. The Hall–Kier alpha value is -1.60. The molecule has 26 heavy (non-hydrogen) atoms. The maximum atomic E-state index is 12.6. The van der Waals surface area contributed by atoms with E-state index >= 15 is 0 Å². The van der Waals surface area contributed by atoms with Crippen LogP contribution in [0, 0.1) is 5.92 Å². The summed E-state index contributed by atoms with van der Waals surface area (Å²) in [5.74, 6) is 0.298. The molecule has 0 saturated heterocycles. The van der Waals surface area contributed by atoms with Crippen molar-refractivity contribution < 1.29 is 17.9 Å². The van der Waals surface area contributed by atoms with Crippen LogP contribution in [0.25, 0.3) is 0 Å². The summed E-state index contributed by atoms with van der Waals surface area (Å²) in [6.45, 7) is 8.27. The van der Waals surface area contributed by atoms with Crippen molar-refractivity contribution in [3.05, 3.63) is 23.8 Å². The molecular formula is C19H32N2O4S. The summed E-state index contributed by atoms with van der Waals surface area (Å²) in [4.78, 5) is 12.4. The lowest BCUT2D eigenvalue weighted by atomic mass is 10.00. The molecule has 0 spiro atoms. The van der Waals surface area contributed by atoms with Gasteiger partial charge in [0.15, 0.2) is 0 Å². The van der Waals surface area contributed by atoms with Crippen molar-refractivity contribution in [1.82, 2.24) is 10.0 Å². The maximum Gasteiger partial charge on any atom is 0.255 e. The molecule has 0 radical (unpaired) electrons. The van der Waals surface area contributed by atoms with Gasteiger partial charge in [0.05, 0.1) is 17.6 Å². The number of methoxy groups -OCH3 is 1. The number of benzene rings is 1. The molecule has 1 atom stereocenters. The summed E-state index contributed by atoms with van der Waals surface area (Å²) in [5, 5.41) is 2.76. The van der Waals surface area contributed by atoms with E-state index in [4.69, 9.17) is 4.74 Å². The van der Waals surface area contributed by atoms with Crippen molar-refractivity contribution in [2.24, 2.45) is 5.92 Å². The normalized spacial score (nSPS) is 12.8. The number of nitrogens with one attached hydrogen (secondary N) is 2. The molecule has 0 fully saturated rings. The van der Waals surface area contributed by atoms with Crippen LogP contribution in [0.2, 0.25) is 0 Å².